The zero-order valence-corrected chi connectivity index (χ0v) is 10.8. The summed E-state index contributed by atoms with van der Waals surface area (Å²) in [4.78, 5) is 11.6. The van der Waals surface area contributed by atoms with E-state index >= 15 is 0 Å². The number of ether oxygens (including phenoxy) is 2. The molecular formula is C11H21F2NO3. The molecule has 0 rings (SSSR count). The molecule has 0 radical (unpaired) electrons. The van der Waals surface area contributed by atoms with Crippen LogP contribution in [0, 0.1) is 0 Å². The number of hydrogen-bond acceptors (Lipinski definition) is 4. The van der Waals surface area contributed by atoms with Crippen molar-refractivity contribution in [1.29, 1.82) is 0 Å². The molecule has 17 heavy (non-hydrogen) atoms. The van der Waals surface area contributed by atoms with Crippen LogP contribution in [0.1, 0.15) is 27.2 Å². The number of carbonyl (C=O) groups is 1. The molecule has 0 fully saturated rings. The first-order valence-electron chi connectivity index (χ1n) is 5.59. The molecule has 0 saturated carbocycles. The molecule has 6 heteroatoms. The van der Waals surface area contributed by atoms with Gasteiger partial charge in [-0.05, 0) is 20.4 Å². The minimum Gasteiger partial charge on any atom is -0.468 e. The Morgan fingerprint density at radius 3 is 2.47 bits per heavy atom. The topological polar surface area (TPSA) is 47.6 Å². The van der Waals surface area contributed by atoms with Crippen molar-refractivity contribution in [3.63, 3.8) is 0 Å². The van der Waals surface area contributed by atoms with Crippen molar-refractivity contribution < 1.29 is 23.0 Å². The van der Waals surface area contributed by atoms with E-state index < -0.39 is 30.6 Å². The van der Waals surface area contributed by atoms with Crippen LogP contribution in [0.4, 0.5) is 8.78 Å². The third kappa shape index (κ3) is 5.93. The van der Waals surface area contributed by atoms with Crippen molar-refractivity contribution in [3.8, 4) is 0 Å². The Kier molecular flexibility index (Phi) is 7.22. The summed E-state index contributed by atoms with van der Waals surface area (Å²) in [5.41, 5.74) is -0.912. The summed E-state index contributed by atoms with van der Waals surface area (Å²) in [6.07, 6.45) is -2.67. The number of alkyl halides is 2. The predicted octanol–water partition coefficient (Wildman–Crippen LogP) is 1.59. The molecule has 102 valence electrons. The van der Waals surface area contributed by atoms with Crippen LogP contribution in [0.3, 0.4) is 0 Å². The summed E-state index contributed by atoms with van der Waals surface area (Å²) in [5, 5.41) is 2.99. The third-order valence-corrected chi connectivity index (χ3v) is 2.41. The molecule has 0 aromatic heterocycles. The van der Waals surface area contributed by atoms with E-state index in [1.807, 2.05) is 6.92 Å². The number of esters is 1. The van der Waals surface area contributed by atoms with Gasteiger partial charge in [0.1, 0.15) is 12.1 Å². The van der Waals surface area contributed by atoms with Gasteiger partial charge in [0, 0.05) is 6.42 Å². The Morgan fingerprint density at radius 2 is 2.06 bits per heavy atom. The van der Waals surface area contributed by atoms with Gasteiger partial charge in [0.2, 0.25) is 0 Å². The Hall–Kier alpha value is -0.750. The standard InChI is InChI=1S/C11H21F2NO3/c1-5-14-11(3,10(15)16-4)6-8(2)17-7-9(12)13/h8-9,14H,5-7H2,1-4H3. The van der Waals surface area contributed by atoms with Gasteiger partial charge in [0.05, 0.1) is 13.2 Å². The van der Waals surface area contributed by atoms with Gasteiger partial charge in [-0.1, -0.05) is 6.92 Å². The first kappa shape index (κ1) is 16.2. The van der Waals surface area contributed by atoms with E-state index in [9.17, 15) is 13.6 Å². The van der Waals surface area contributed by atoms with Crippen molar-refractivity contribution in [2.45, 2.75) is 45.3 Å². The van der Waals surface area contributed by atoms with E-state index in [4.69, 9.17) is 4.74 Å². The van der Waals surface area contributed by atoms with Crippen LogP contribution in [0.5, 0.6) is 0 Å². The lowest BCUT2D eigenvalue weighted by Gasteiger charge is -2.30. The fraction of sp³-hybridized carbons (Fsp3) is 0.909. The molecule has 1 N–H and O–H groups in total. The van der Waals surface area contributed by atoms with Crippen LogP contribution in [-0.2, 0) is 14.3 Å². The zero-order chi connectivity index (χ0) is 13.5. The number of rotatable bonds is 8. The number of carbonyl (C=O) groups excluding carboxylic acids is 1. The summed E-state index contributed by atoms with van der Waals surface area (Å²) in [5.74, 6) is -0.424. The smallest absolute Gasteiger partial charge is 0.325 e. The maximum atomic E-state index is 12.0. The van der Waals surface area contributed by atoms with Gasteiger partial charge in [-0.3, -0.25) is 4.79 Å². The Labute approximate surface area is 101 Å². The van der Waals surface area contributed by atoms with Crippen LogP contribution >= 0.6 is 0 Å². The number of hydrogen-bond donors (Lipinski definition) is 1. The van der Waals surface area contributed by atoms with Crippen LogP contribution in [0.15, 0.2) is 0 Å². The molecule has 0 heterocycles. The first-order chi connectivity index (χ1) is 7.85. The highest BCUT2D eigenvalue weighted by molar-refractivity contribution is 5.80. The lowest BCUT2D eigenvalue weighted by molar-refractivity contribution is -0.150. The summed E-state index contributed by atoms with van der Waals surface area (Å²) < 4.78 is 33.6. The molecular weight excluding hydrogens is 232 g/mol. The van der Waals surface area contributed by atoms with Gasteiger partial charge < -0.3 is 14.8 Å². The quantitative estimate of drug-likeness (QED) is 0.667. The van der Waals surface area contributed by atoms with Crippen molar-refractivity contribution >= 4 is 5.97 Å². The maximum Gasteiger partial charge on any atom is 0.325 e. The molecule has 0 amide bonds. The highest BCUT2D eigenvalue weighted by Gasteiger charge is 2.35. The molecule has 0 aromatic rings. The molecule has 0 aliphatic heterocycles. The monoisotopic (exact) mass is 253 g/mol. The number of methoxy groups -OCH3 is 1. The lowest BCUT2D eigenvalue weighted by atomic mass is 9.94. The number of nitrogens with one attached hydrogen (secondary N) is 1. The van der Waals surface area contributed by atoms with Crippen LogP contribution in [0.25, 0.3) is 0 Å². The molecule has 0 aromatic carbocycles. The second-order valence-corrected chi connectivity index (χ2v) is 4.09. The molecule has 0 spiro atoms. The summed E-state index contributed by atoms with van der Waals surface area (Å²) in [6, 6.07) is 0. The largest absolute Gasteiger partial charge is 0.468 e. The Balaban J connectivity index is 4.37. The fourth-order valence-electron chi connectivity index (χ4n) is 1.71. The second kappa shape index (κ2) is 7.55. The SMILES string of the molecule is CCNC(C)(CC(C)OCC(F)F)C(=O)OC. The van der Waals surface area contributed by atoms with Crippen LogP contribution < -0.4 is 5.32 Å². The summed E-state index contributed by atoms with van der Waals surface area (Å²) in [7, 11) is 1.29. The van der Waals surface area contributed by atoms with Gasteiger partial charge in [-0.25, -0.2) is 8.78 Å². The predicted molar refractivity (Wildman–Crippen MR) is 60.1 cm³/mol. The Morgan fingerprint density at radius 1 is 1.47 bits per heavy atom. The van der Waals surface area contributed by atoms with Gasteiger partial charge in [-0.2, -0.15) is 0 Å². The van der Waals surface area contributed by atoms with Crippen LogP contribution in [-0.4, -0.2) is 44.3 Å². The highest BCUT2D eigenvalue weighted by atomic mass is 19.3. The molecule has 0 aliphatic carbocycles. The van der Waals surface area contributed by atoms with Gasteiger partial charge in [0.15, 0.2) is 0 Å². The summed E-state index contributed by atoms with van der Waals surface area (Å²) >= 11 is 0. The molecule has 2 unspecified atom stereocenters. The van der Waals surface area contributed by atoms with Crippen molar-refractivity contribution in [3.05, 3.63) is 0 Å². The average molecular weight is 253 g/mol. The van der Waals surface area contributed by atoms with Crippen molar-refractivity contribution in [2.24, 2.45) is 0 Å². The molecule has 0 saturated heterocycles. The summed E-state index contributed by atoms with van der Waals surface area (Å²) in [6.45, 7) is 5.13. The number of halogens is 2. The van der Waals surface area contributed by atoms with E-state index in [2.05, 4.69) is 10.1 Å². The average Bonchev–Trinajstić information content (AvgIpc) is 2.25. The van der Waals surface area contributed by atoms with E-state index in [1.165, 1.54) is 7.11 Å². The van der Waals surface area contributed by atoms with Gasteiger partial charge >= 0.3 is 5.97 Å². The lowest BCUT2D eigenvalue weighted by Crippen LogP contribution is -2.52. The second-order valence-electron chi connectivity index (χ2n) is 4.09. The zero-order valence-electron chi connectivity index (χ0n) is 10.8. The van der Waals surface area contributed by atoms with E-state index in [1.54, 1.807) is 13.8 Å². The van der Waals surface area contributed by atoms with Crippen LogP contribution in [0.2, 0.25) is 0 Å². The number of likely N-dealkylation sites (N-methyl/N-ethyl adjacent to an activating group) is 1. The van der Waals surface area contributed by atoms with E-state index in [0.29, 0.717) is 6.54 Å². The van der Waals surface area contributed by atoms with Gasteiger partial charge in [-0.15, -0.1) is 0 Å². The molecule has 4 nitrogen and oxygen atoms in total. The molecule has 0 bridgehead atoms. The van der Waals surface area contributed by atoms with E-state index in [-0.39, 0.29) is 6.42 Å². The molecule has 2 atom stereocenters. The molecule has 0 aliphatic rings. The first-order valence-corrected chi connectivity index (χ1v) is 5.59. The van der Waals surface area contributed by atoms with Crippen molar-refractivity contribution in [2.75, 3.05) is 20.3 Å². The normalized spacial score (nSPS) is 16.6. The van der Waals surface area contributed by atoms with E-state index in [0.717, 1.165) is 0 Å². The third-order valence-electron chi connectivity index (χ3n) is 2.41. The minimum absolute atomic E-state index is 0.278. The highest BCUT2D eigenvalue weighted by Crippen LogP contribution is 2.17. The minimum atomic E-state index is -2.50. The van der Waals surface area contributed by atoms with Crippen molar-refractivity contribution in [1.82, 2.24) is 5.32 Å². The maximum absolute atomic E-state index is 12.0. The van der Waals surface area contributed by atoms with Gasteiger partial charge in [0.25, 0.3) is 6.43 Å². The Bertz CT molecular complexity index is 239. The fourth-order valence-corrected chi connectivity index (χ4v) is 1.71.